The lowest BCUT2D eigenvalue weighted by atomic mass is 9.96. The van der Waals surface area contributed by atoms with Crippen LogP contribution in [0.3, 0.4) is 0 Å². The van der Waals surface area contributed by atoms with Gasteiger partial charge in [0.2, 0.25) is 0 Å². The van der Waals surface area contributed by atoms with E-state index in [1.54, 1.807) is 0 Å². The summed E-state index contributed by atoms with van der Waals surface area (Å²) in [5.74, 6) is 0. The minimum atomic E-state index is 0.876. The van der Waals surface area contributed by atoms with E-state index in [1.807, 2.05) is 36.5 Å². The number of nitrogens with zero attached hydrogens (tertiary/aromatic N) is 3. The minimum Gasteiger partial charge on any atom is -0.256 e. The highest BCUT2D eigenvalue weighted by Crippen LogP contribution is 2.34. The molecule has 9 rings (SSSR count). The first-order valence-corrected chi connectivity index (χ1v) is 16.2. The van der Waals surface area contributed by atoms with Crippen molar-refractivity contribution in [3.05, 3.63) is 176 Å². The second kappa shape index (κ2) is 11.7. The summed E-state index contributed by atoms with van der Waals surface area (Å²) in [7, 11) is 0. The third-order valence-corrected chi connectivity index (χ3v) is 9.14. The van der Waals surface area contributed by atoms with Crippen LogP contribution in [0, 0.1) is 0 Å². The minimum absolute atomic E-state index is 0.876. The van der Waals surface area contributed by atoms with Gasteiger partial charge in [0.15, 0.2) is 0 Å². The molecule has 2 aromatic heterocycles. The van der Waals surface area contributed by atoms with Crippen molar-refractivity contribution in [2.45, 2.75) is 0 Å². The molecule has 0 unspecified atom stereocenters. The topological polar surface area (TPSA) is 38.7 Å². The molecule has 0 aliphatic carbocycles. The first kappa shape index (κ1) is 27.8. The van der Waals surface area contributed by atoms with Gasteiger partial charge in [-0.05, 0) is 57.0 Å². The zero-order valence-electron chi connectivity index (χ0n) is 26.1. The zero-order chi connectivity index (χ0) is 31.9. The van der Waals surface area contributed by atoms with Crippen molar-refractivity contribution < 1.29 is 0 Å². The Kier molecular flexibility index (Phi) is 6.80. The normalized spacial score (nSPS) is 11.3. The highest BCUT2D eigenvalue weighted by Gasteiger charge is 2.14. The van der Waals surface area contributed by atoms with E-state index in [2.05, 4.69) is 140 Å². The van der Waals surface area contributed by atoms with Crippen LogP contribution in [-0.2, 0) is 0 Å². The van der Waals surface area contributed by atoms with Gasteiger partial charge in [-0.1, -0.05) is 152 Å². The standard InChI is InChI=1S/C45H29N3/c1-2-8-30(9-3-1)31-18-22-35(23-19-31)44-45(48-42-13-7-6-12-41(42)47-44)36-24-20-33(21-25-36)32-14-16-34(17-15-32)37-26-27-40-39-11-5-4-10-38(39)29-46-43(40)28-37/h1-29H. The van der Waals surface area contributed by atoms with Crippen molar-refractivity contribution in [2.24, 2.45) is 0 Å². The first-order valence-electron chi connectivity index (χ1n) is 16.2. The first-order chi connectivity index (χ1) is 23.8. The third kappa shape index (κ3) is 5.08. The van der Waals surface area contributed by atoms with E-state index in [9.17, 15) is 0 Å². The SMILES string of the molecule is c1ccc(-c2ccc(-c3nc4ccccc4nc3-c3ccc(-c4ccc(-c5ccc6c(c5)ncc5ccccc56)cc4)cc3)cc2)cc1. The van der Waals surface area contributed by atoms with Crippen LogP contribution in [0.15, 0.2) is 176 Å². The van der Waals surface area contributed by atoms with Crippen molar-refractivity contribution in [3.8, 4) is 55.9 Å². The van der Waals surface area contributed by atoms with Crippen molar-refractivity contribution in [3.63, 3.8) is 0 Å². The van der Waals surface area contributed by atoms with Crippen LogP contribution in [0.25, 0.3) is 88.6 Å². The van der Waals surface area contributed by atoms with Crippen LogP contribution in [0.4, 0.5) is 0 Å². The summed E-state index contributed by atoms with van der Waals surface area (Å²) in [4.78, 5) is 15.0. The van der Waals surface area contributed by atoms with E-state index in [0.29, 0.717) is 0 Å². The predicted molar refractivity (Wildman–Crippen MR) is 200 cm³/mol. The quantitative estimate of drug-likeness (QED) is 0.182. The maximum atomic E-state index is 5.12. The molecular formula is C45H29N3. The van der Waals surface area contributed by atoms with Crippen LogP contribution in [-0.4, -0.2) is 15.0 Å². The van der Waals surface area contributed by atoms with E-state index in [-0.39, 0.29) is 0 Å². The Labute approximate surface area is 278 Å². The van der Waals surface area contributed by atoms with Crippen molar-refractivity contribution >= 4 is 32.7 Å². The average molecular weight is 612 g/mol. The molecular weight excluding hydrogens is 583 g/mol. The van der Waals surface area contributed by atoms with Gasteiger partial charge in [0.05, 0.1) is 27.9 Å². The molecule has 7 aromatic carbocycles. The van der Waals surface area contributed by atoms with Gasteiger partial charge < -0.3 is 0 Å². The van der Waals surface area contributed by atoms with E-state index >= 15 is 0 Å². The molecule has 9 aromatic rings. The van der Waals surface area contributed by atoms with E-state index in [4.69, 9.17) is 15.0 Å². The van der Waals surface area contributed by atoms with Gasteiger partial charge in [0.25, 0.3) is 0 Å². The van der Waals surface area contributed by atoms with Gasteiger partial charge in [-0.25, -0.2) is 9.97 Å². The fourth-order valence-electron chi connectivity index (χ4n) is 6.57. The lowest BCUT2D eigenvalue weighted by molar-refractivity contribution is 1.29. The van der Waals surface area contributed by atoms with Crippen molar-refractivity contribution in [2.75, 3.05) is 0 Å². The molecule has 0 amide bonds. The third-order valence-electron chi connectivity index (χ3n) is 9.14. The molecule has 0 fully saturated rings. The molecule has 224 valence electrons. The number of para-hydroxylation sites is 2. The largest absolute Gasteiger partial charge is 0.256 e. The lowest BCUT2D eigenvalue weighted by Crippen LogP contribution is -1.95. The number of fused-ring (bicyclic) bond motifs is 4. The van der Waals surface area contributed by atoms with Crippen LogP contribution in [0.1, 0.15) is 0 Å². The summed E-state index contributed by atoms with van der Waals surface area (Å²) < 4.78 is 0. The monoisotopic (exact) mass is 611 g/mol. The Morgan fingerprint density at radius 1 is 0.292 bits per heavy atom. The molecule has 0 aliphatic heterocycles. The molecule has 0 bridgehead atoms. The Balaban J connectivity index is 1.03. The summed E-state index contributed by atoms with van der Waals surface area (Å²) in [6.07, 6.45) is 1.96. The van der Waals surface area contributed by atoms with Crippen LogP contribution in [0.5, 0.6) is 0 Å². The number of hydrogen-bond acceptors (Lipinski definition) is 3. The molecule has 0 atom stereocenters. The van der Waals surface area contributed by atoms with Gasteiger partial charge in [-0.2, -0.15) is 0 Å². The Morgan fingerprint density at radius 3 is 1.31 bits per heavy atom. The molecule has 3 nitrogen and oxygen atoms in total. The highest BCUT2D eigenvalue weighted by atomic mass is 14.8. The maximum absolute atomic E-state index is 5.12. The summed E-state index contributed by atoms with van der Waals surface area (Å²) in [6.45, 7) is 0. The lowest BCUT2D eigenvalue weighted by Gasteiger charge is -2.12. The molecule has 0 saturated heterocycles. The Hall–Kier alpha value is -6.45. The summed E-state index contributed by atoms with van der Waals surface area (Å²) >= 11 is 0. The zero-order valence-corrected chi connectivity index (χ0v) is 26.1. The van der Waals surface area contributed by atoms with Crippen LogP contribution >= 0.6 is 0 Å². The fourth-order valence-corrected chi connectivity index (χ4v) is 6.57. The number of benzene rings is 7. The van der Waals surface area contributed by atoms with Gasteiger partial charge in [-0.15, -0.1) is 0 Å². The number of pyridine rings is 1. The smallest absolute Gasteiger partial charge is 0.0973 e. The maximum Gasteiger partial charge on any atom is 0.0973 e. The van der Waals surface area contributed by atoms with Gasteiger partial charge >= 0.3 is 0 Å². The van der Waals surface area contributed by atoms with Gasteiger partial charge in [0, 0.05) is 28.1 Å². The Bertz CT molecular complexity index is 2570. The molecule has 3 heteroatoms. The molecule has 48 heavy (non-hydrogen) atoms. The van der Waals surface area contributed by atoms with Crippen LogP contribution < -0.4 is 0 Å². The van der Waals surface area contributed by atoms with Crippen molar-refractivity contribution in [1.82, 2.24) is 15.0 Å². The number of rotatable bonds is 5. The molecule has 2 heterocycles. The number of hydrogen-bond donors (Lipinski definition) is 0. The average Bonchev–Trinajstić information content (AvgIpc) is 3.17. The van der Waals surface area contributed by atoms with Crippen LogP contribution in [0.2, 0.25) is 0 Å². The molecule has 0 radical (unpaired) electrons. The van der Waals surface area contributed by atoms with Crippen molar-refractivity contribution in [1.29, 1.82) is 0 Å². The molecule has 0 saturated carbocycles. The fraction of sp³-hybridized carbons (Fsp3) is 0. The number of aromatic nitrogens is 3. The Morgan fingerprint density at radius 2 is 0.729 bits per heavy atom. The predicted octanol–water partition coefficient (Wildman–Crippen LogP) is 11.7. The molecule has 0 N–H and O–H groups in total. The van der Waals surface area contributed by atoms with E-state index in [1.165, 1.54) is 27.5 Å². The van der Waals surface area contributed by atoms with Gasteiger partial charge in [-0.3, -0.25) is 4.98 Å². The molecule has 0 spiro atoms. The molecule has 0 aliphatic rings. The van der Waals surface area contributed by atoms with Gasteiger partial charge in [0.1, 0.15) is 0 Å². The summed E-state index contributed by atoms with van der Waals surface area (Å²) in [6, 6.07) is 59.5. The summed E-state index contributed by atoms with van der Waals surface area (Å²) in [5.41, 5.74) is 13.6. The summed E-state index contributed by atoms with van der Waals surface area (Å²) in [5, 5.41) is 3.57. The highest BCUT2D eigenvalue weighted by molar-refractivity contribution is 6.06. The van der Waals surface area contributed by atoms with E-state index < -0.39 is 0 Å². The second-order valence-electron chi connectivity index (χ2n) is 12.1. The van der Waals surface area contributed by atoms with E-state index in [0.717, 1.165) is 61.1 Å². The second-order valence-corrected chi connectivity index (χ2v) is 12.1.